The molecular formula is C54H36N2. The van der Waals surface area contributed by atoms with Gasteiger partial charge in [0.25, 0.3) is 0 Å². The van der Waals surface area contributed by atoms with Crippen LogP contribution in [0.5, 0.6) is 0 Å². The van der Waals surface area contributed by atoms with Gasteiger partial charge >= 0.3 is 0 Å². The third kappa shape index (κ3) is 4.11. The largest absolute Gasteiger partial charge is 0.254 e. The van der Waals surface area contributed by atoms with E-state index >= 15 is 0 Å². The molecule has 1 saturated carbocycles. The second kappa shape index (κ2) is 11.2. The highest BCUT2D eigenvalue weighted by molar-refractivity contribution is 6.26. The summed E-state index contributed by atoms with van der Waals surface area (Å²) in [4.78, 5) is 10.6. The molecule has 56 heavy (non-hydrogen) atoms. The molecule has 9 aromatic carbocycles. The fourth-order valence-corrected chi connectivity index (χ4v) is 11.0. The summed E-state index contributed by atoms with van der Waals surface area (Å²) in [7, 11) is 0. The van der Waals surface area contributed by atoms with Gasteiger partial charge in [0.2, 0.25) is 0 Å². The van der Waals surface area contributed by atoms with Crippen LogP contribution in [-0.2, 0) is 5.41 Å². The Morgan fingerprint density at radius 2 is 0.804 bits per heavy atom. The number of benzene rings is 9. The van der Waals surface area contributed by atoms with Crippen LogP contribution in [0.2, 0.25) is 0 Å². The van der Waals surface area contributed by atoms with Crippen LogP contribution < -0.4 is 0 Å². The zero-order valence-corrected chi connectivity index (χ0v) is 30.9. The summed E-state index contributed by atoms with van der Waals surface area (Å²) in [5.74, 6) is 0. The van der Waals surface area contributed by atoms with Crippen molar-refractivity contribution in [3.63, 3.8) is 0 Å². The number of hydrogen-bond donors (Lipinski definition) is 0. The second-order valence-electron chi connectivity index (χ2n) is 16.4. The lowest BCUT2D eigenvalue weighted by Crippen LogP contribution is -2.28. The maximum atomic E-state index is 5.29. The summed E-state index contributed by atoms with van der Waals surface area (Å²) < 4.78 is 0. The first kappa shape index (κ1) is 30.7. The van der Waals surface area contributed by atoms with Crippen LogP contribution in [0.15, 0.2) is 158 Å². The topological polar surface area (TPSA) is 25.8 Å². The molecule has 2 aliphatic carbocycles. The minimum absolute atomic E-state index is 0.0809. The summed E-state index contributed by atoms with van der Waals surface area (Å²) in [6.45, 7) is 0. The van der Waals surface area contributed by atoms with E-state index in [1.54, 1.807) is 0 Å². The van der Waals surface area contributed by atoms with Crippen molar-refractivity contribution < 1.29 is 0 Å². The predicted molar refractivity (Wildman–Crippen MR) is 235 cm³/mol. The molecular weight excluding hydrogens is 677 g/mol. The molecule has 0 N–H and O–H groups in total. The summed E-state index contributed by atoms with van der Waals surface area (Å²) in [6.07, 6.45) is 10.2. The summed E-state index contributed by atoms with van der Waals surface area (Å²) >= 11 is 0. The maximum Gasteiger partial charge on any atom is 0.0930 e. The van der Waals surface area contributed by atoms with E-state index < -0.39 is 0 Å². The number of fused-ring (bicyclic) bond motifs is 5. The predicted octanol–water partition coefficient (Wildman–Crippen LogP) is 14.5. The van der Waals surface area contributed by atoms with E-state index in [1.807, 2.05) is 0 Å². The van der Waals surface area contributed by atoms with Gasteiger partial charge in [-0.1, -0.05) is 147 Å². The zero-order valence-electron chi connectivity index (χ0n) is 30.9. The molecule has 13 rings (SSSR count). The zero-order chi connectivity index (χ0) is 36.5. The molecule has 0 amide bonds. The molecule has 262 valence electrons. The van der Waals surface area contributed by atoms with E-state index in [-0.39, 0.29) is 5.41 Å². The molecule has 0 aliphatic heterocycles. The van der Waals surface area contributed by atoms with Crippen LogP contribution in [0.1, 0.15) is 43.2 Å². The molecule has 0 atom stereocenters. The number of pyridine rings is 2. The van der Waals surface area contributed by atoms with Crippen LogP contribution in [0, 0.1) is 0 Å². The van der Waals surface area contributed by atoms with E-state index in [0.717, 1.165) is 24.2 Å². The Kier molecular flexibility index (Phi) is 6.14. The van der Waals surface area contributed by atoms with Crippen LogP contribution in [0.4, 0.5) is 0 Å². The molecule has 2 heteroatoms. The van der Waals surface area contributed by atoms with E-state index in [1.165, 1.54) is 128 Å². The Morgan fingerprint density at radius 1 is 0.357 bits per heavy atom. The molecule has 2 aromatic heterocycles. The normalized spacial score (nSPS) is 14.9. The summed E-state index contributed by atoms with van der Waals surface area (Å²) in [6, 6.07) is 54.8. The third-order valence-electron chi connectivity index (χ3n) is 13.6. The minimum atomic E-state index is -0.0809. The molecule has 2 nitrogen and oxygen atoms in total. The van der Waals surface area contributed by atoms with Crippen molar-refractivity contribution in [3.8, 4) is 44.8 Å². The lowest BCUT2D eigenvalue weighted by molar-refractivity contribution is 0.352. The molecule has 11 aromatic rings. The molecule has 0 unspecified atom stereocenters. The first-order valence-corrected chi connectivity index (χ1v) is 20.2. The molecule has 0 radical (unpaired) electrons. The Labute approximate surface area is 324 Å². The van der Waals surface area contributed by atoms with E-state index in [9.17, 15) is 0 Å². The van der Waals surface area contributed by atoms with Crippen LogP contribution in [0.3, 0.4) is 0 Å². The molecule has 2 aliphatic rings. The van der Waals surface area contributed by atoms with Gasteiger partial charge in [-0.05, 0) is 129 Å². The Hall–Kier alpha value is -6.64. The number of aromatic nitrogens is 2. The van der Waals surface area contributed by atoms with Crippen LogP contribution in [0.25, 0.3) is 109 Å². The smallest absolute Gasteiger partial charge is 0.0930 e. The monoisotopic (exact) mass is 712 g/mol. The van der Waals surface area contributed by atoms with Crippen molar-refractivity contribution in [2.24, 2.45) is 0 Å². The molecule has 1 fully saturated rings. The van der Waals surface area contributed by atoms with Crippen LogP contribution >= 0.6 is 0 Å². The van der Waals surface area contributed by atoms with Crippen molar-refractivity contribution in [2.75, 3.05) is 0 Å². The van der Waals surface area contributed by atoms with Gasteiger partial charge in [0, 0.05) is 28.9 Å². The van der Waals surface area contributed by atoms with E-state index in [4.69, 9.17) is 9.97 Å². The Bertz CT molecular complexity index is 3370. The van der Waals surface area contributed by atoms with E-state index in [0.29, 0.717) is 0 Å². The van der Waals surface area contributed by atoms with Gasteiger partial charge in [-0.3, -0.25) is 9.97 Å². The van der Waals surface area contributed by atoms with Crippen molar-refractivity contribution in [2.45, 2.75) is 37.5 Å². The fourth-order valence-electron chi connectivity index (χ4n) is 11.0. The molecule has 1 spiro atoms. The average molecular weight is 713 g/mol. The minimum Gasteiger partial charge on any atom is -0.254 e. The molecule has 0 saturated heterocycles. The van der Waals surface area contributed by atoms with Gasteiger partial charge in [-0.15, -0.1) is 0 Å². The Morgan fingerprint density at radius 3 is 1.39 bits per heavy atom. The Balaban J connectivity index is 0.941. The highest BCUT2D eigenvalue weighted by Crippen LogP contribution is 2.56. The third-order valence-corrected chi connectivity index (χ3v) is 13.6. The van der Waals surface area contributed by atoms with Crippen molar-refractivity contribution in [1.82, 2.24) is 9.97 Å². The van der Waals surface area contributed by atoms with Gasteiger partial charge < -0.3 is 0 Å². The molecule has 2 heterocycles. The van der Waals surface area contributed by atoms with Crippen molar-refractivity contribution in [1.29, 1.82) is 0 Å². The second-order valence-corrected chi connectivity index (χ2v) is 16.4. The van der Waals surface area contributed by atoms with Gasteiger partial charge in [0.05, 0.1) is 11.4 Å². The highest BCUT2D eigenvalue weighted by Gasteiger charge is 2.46. The quantitative estimate of drug-likeness (QED) is 0.170. The first-order chi connectivity index (χ1) is 27.7. The maximum absolute atomic E-state index is 5.29. The highest BCUT2D eigenvalue weighted by atomic mass is 14.8. The van der Waals surface area contributed by atoms with Crippen molar-refractivity contribution in [3.05, 3.63) is 169 Å². The number of hydrogen-bond acceptors (Lipinski definition) is 2. The standard InChI is InChI=1S/C54H36N2/c1-2-25-54(26-3-1)46-28-40(38-11-6-12-39(27-38)42-21-17-36-15-13-32-7-4-9-34-19-23-44(42)50(36)48(32)34)30-55-52(46)53-47(54)29-41(31-56-53)43-22-18-37-16-14-33-8-5-10-35-20-24-45(43)51(37)49(33)35/h4-24,27-31H,1-3,25-26H2. The lowest BCUT2D eigenvalue weighted by atomic mass is 9.67. The van der Waals surface area contributed by atoms with Crippen molar-refractivity contribution >= 4 is 64.6 Å². The SMILES string of the molecule is c1cc(-c2cnc3c(c2)C2(CCCCC2)c2cc(-c4ccc5ccc6cccc7ccc4c5c67)cnc2-3)cc(-c2ccc3ccc4cccc5ccc2c3c45)c1. The van der Waals surface area contributed by atoms with E-state index in [2.05, 4.69) is 158 Å². The lowest BCUT2D eigenvalue weighted by Gasteiger charge is -2.35. The molecule has 0 bridgehead atoms. The van der Waals surface area contributed by atoms with Crippen LogP contribution in [-0.4, -0.2) is 9.97 Å². The fraction of sp³-hybridized carbons (Fsp3) is 0.111. The van der Waals surface area contributed by atoms with Gasteiger partial charge in [-0.2, -0.15) is 0 Å². The summed E-state index contributed by atoms with van der Waals surface area (Å²) in [5.41, 5.74) is 12.1. The number of nitrogens with zero attached hydrogens (tertiary/aromatic N) is 2. The summed E-state index contributed by atoms with van der Waals surface area (Å²) in [5, 5.41) is 15.8. The van der Waals surface area contributed by atoms with Gasteiger partial charge in [-0.25, -0.2) is 0 Å². The van der Waals surface area contributed by atoms with Gasteiger partial charge in [0.1, 0.15) is 0 Å². The number of rotatable bonds is 3. The first-order valence-electron chi connectivity index (χ1n) is 20.2. The average Bonchev–Trinajstić information content (AvgIpc) is 3.52. The van der Waals surface area contributed by atoms with Gasteiger partial charge in [0.15, 0.2) is 0 Å².